The first-order valence-electron chi connectivity index (χ1n) is 7.28. The molecule has 0 aromatic rings. The number of esters is 1. The molecule has 3 atom stereocenters. The van der Waals surface area contributed by atoms with Crippen molar-refractivity contribution in [2.24, 2.45) is 11.8 Å². The normalized spacial score (nSPS) is 23.0. The number of carboxylic acids is 1. The maximum atomic E-state index is 11.7. The summed E-state index contributed by atoms with van der Waals surface area (Å²) in [6.45, 7) is 2.69. The lowest BCUT2D eigenvalue weighted by atomic mass is 9.80. The van der Waals surface area contributed by atoms with Gasteiger partial charge >= 0.3 is 18.0 Å². The second-order valence-corrected chi connectivity index (χ2v) is 5.55. The minimum atomic E-state index is -1.28. The fraction of sp³-hybridized carbons (Fsp3) is 0.786. The highest BCUT2D eigenvalue weighted by molar-refractivity contribution is 5.86. The van der Waals surface area contributed by atoms with Crippen molar-refractivity contribution in [2.45, 2.75) is 45.1 Å². The number of amides is 2. The van der Waals surface area contributed by atoms with E-state index in [1.807, 2.05) is 0 Å². The maximum absolute atomic E-state index is 11.7. The summed E-state index contributed by atoms with van der Waals surface area (Å²) in [7, 11) is 1.17. The van der Waals surface area contributed by atoms with Crippen molar-refractivity contribution in [3.8, 4) is 0 Å². The van der Waals surface area contributed by atoms with Crippen LogP contribution in [0.15, 0.2) is 0 Å². The molecule has 7 heteroatoms. The smallest absolute Gasteiger partial charge is 0.326 e. The lowest BCUT2D eigenvalue weighted by Crippen LogP contribution is -2.48. The molecule has 0 spiro atoms. The Morgan fingerprint density at radius 1 is 1.29 bits per heavy atom. The molecule has 120 valence electrons. The molecule has 0 heterocycles. The molecule has 2 unspecified atom stereocenters. The van der Waals surface area contributed by atoms with Crippen LogP contribution in [0.2, 0.25) is 0 Å². The quantitative estimate of drug-likeness (QED) is 0.638. The summed E-state index contributed by atoms with van der Waals surface area (Å²) >= 11 is 0. The Morgan fingerprint density at radius 3 is 2.52 bits per heavy atom. The van der Waals surface area contributed by atoms with Crippen molar-refractivity contribution in [2.75, 3.05) is 13.7 Å². The van der Waals surface area contributed by atoms with Gasteiger partial charge in [-0.15, -0.1) is 0 Å². The summed E-state index contributed by atoms with van der Waals surface area (Å²) in [5.74, 6) is -0.956. The van der Waals surface area contributed by atoms with E-state index in [0.29, 0.717) is 18.4 Å². The van der Waals surface area contributed by atoms with Gasteiger partial charge in [-0.3, -0.25) is 4.79 Å². The monoisotopic (exact) mass is 300 g/mol. The van der Waals surface area contributed by atoms with E-state index >= 15 is 0 Å². The molecule has 0 aromatic heterocycles. The van der Waals surface area contributed by atoms with Crippen LogP contribution in [-0.4, -0.2) is 42.8 Å². The number of urea groups is 1. The van der Waals surface area contributed by atoms with Crippen molar-refractivity contribution in [1.82, 2.24) is 10.6 Å². The molecule has 0 aliphatic heterocycles. The Bertz CT molecular complexity index is 386. The van der Waals surface area contributed by atoms with Crippen LogP contribution in [-0.2, 0) is 14.3 Å². The van der Waals surface area contributed by atoms with Crippen LogP contribution in [0.3, 0.4) is 0 Å². The third-order valence-electron chi connectivity index (χ3n) is 4.02. The van der Waals surface area contributed by atoms with Crippen LogP contribution in [0.4, 0.5) is 4.79 Å². The Balaban J connectivity index is 2.39. The number of hydrogen-bond acceptors (Lipinski definition) is 4. The first-order chi connectivity index (χ1) is 9.93. The molecule has 7 nitrogen and oxygen atoms in total. The topological polar surface area (TPSA) is 105 Å². The van der Waals surface area contributed by atoms with Gasteiger partial charge in [-0.05, 0) is 18.3 Å². The number of ether oxygens (including phenoxy) is 1. The summed E-state index contributed by atoms with van der Waals surface area (Å²) in [5, 5.41) is 14.0. The van der Waals surface area contributed by atoms with Crippen molar-refractivity contribution < 1.29 is 24.2 Å². The molecular formula is C14H24N2O5. The van der Waals surface area contributed by atoms with Crippen molar-refractivity contribution in [3.05, 3.63) is 0 Å². The first-order valence-corrected chi connectivity index (χ1v) is 7.28. The number of nitrogens with one attached hydrogen (secondary N) is 2. The van der Waals surface area contributed by atoms with Gasteiger partial charge in [0.05, 0.1) is 13.5 Å². The van der Waals surface area contributed by atoms with Gasteiger partial charge in [0.15, 0.2) is 0 Å². The van der Waals surface area contributed by atoms with E-state index in [4.69, 9.17) is 5.11 Å². The van der Waals surface area contributed by atoms with E-state index in [-0.39, 0.29) is 6.42 Å². The third kappa shape index (κ3) is 6.01. The van der Waals surface area contributed by atoms with Crippen LogP contribution in [0.1, 0.15) is 39.0 Å². The molecule has 1 saturated carbocycles. The molecule has 1 rings (SSSR count). The Morgan fingerprint density at radius 2 is 1.95 bits per heavy atom. The number of methoxy groups -OCH3 is 1. The summed E-state index contributed by atoms with van der Waals surface area (Å²) < 4.78 is 4.41. The van der Waals surface area contributed by atoms with E-state index in [9.17, 15) is 14.4 Å². The number of carbonyl (C=O) groups excluding carboxylic acids is 2. The lowest BCUT2D eigenvalue weighted by molar-refractivity contribution is -0.147. The molecule has 1 aliphatic carbocycles. The van der Waals surface area contributed by atoms with Gasteiger partial charge < -0.3 is 20.5 Å². The Hall–Kier alpha value is -1.79. The summed E-state index contributed by atoms with van der Waals surface area (Å²) in [4.78, 5) is 33.8. The van der Waals surface area contributed by atoms with Crippen molar-refractivity contribution in [1.29, 1.82) is 0 Å². The average molecular weight is 300 g/mol. The van der Waals surface area contributed by atoms with Crippen LogP contribution in [0.25, 0.3) is 0 Å². The van der Waals surface area contributed by atoms with Gasteiger partial charge in [-0.25, -0.2) is 9.59 Å². The van der Waals surface area contributed by atoms with Crippen LogP contribution in [0.5, 0.6) is 0 Å². The maximum Gasteiger partial charge on any atom is 0.326 e. The molecular weight excluding hydrogens is 276 g/mol. The highest BCUT2D eigenvalue weighted by Gasteiger charge is 2.25. The van der Waals surface area contributed by atoms with Crippen LogP contribution >= 0.6 is 0 Å². The predicted molar refractivity (Wildman–Crippen MR) is 75.7 cm³/mol. The lowest BCUT2D eigenvalue weighted by Gasteiger charge is -2.29. The third-order valence-corrected chi connectivity index (χ3v) is 4.02. The first kappa shape index (κ1) is 17.3. The van der Waals surface area contributed by atoms with Gasteiger partial charge in [-0.1, -0.05) is 26.2 Å². The zero-order valence-corrected chi connectivity index (χ0v) is 12.6. The number of carbonyl (C=O) groups is 3. The predicted octanol–water partition coefficient (Wildman–Crippen LogP) is 1.13. The van der Waals surface area contributed by atoms with Gasteiger partial charge in [0.2, 0.25) is 0 Å². The number of hydrogen-bond donors (Lipinski definition) is 3. The average Bonchev–Trinajstić information content (AvgIpc) is 2.45. The fourth-order valence-corrected chi connectivity index (χ4v) is 2.58. The molecule has 0 bridgehead atoms. The van der Waals surface area contributed by atoms with Gasteiger partial charge in [0.25, 0.3) is 0 Å². The van der Waals surface area contributed by atoms with Crippen molar-refractivity contribution in [3.63, 3.8) is 0 Å². The summed E-state index contributed by atoms with van der Waals surface area (Å²) in [5.41, 5.74) is 0. The summed E-state index contributed by atoms with van der Waals surface area (Å²) in [6, 6.07) is -1.84. The molecule has 1 aliphatic rings. The van der Waals surface area contributed by atoms with E-state index in [0.717, 1.165) is 12.8 Å². The van der Waals surface area contributed by atoms with E-state index < -0.39 is 24.0 Å². The number of rotatable bonds is 6. The molecule has 2 amide bonds. The zero-order chi connectivity index (χ0) is 15.8. The number of aliphatic carboxylic acids is 1. The fourth-order valence-electron chi connectivity index (χ4n) is 2.58. The molecule has 1 fully saturated rings. The molecule has 0 radical (unpaired) electrons. The standard InChI is InChI=1S/C14H24N2O5/c1-9-5-3-4-6-10(9)8-15-14(20)16-11(13(18)19)7-12(17)21-2/h9-11H,3-8H2,1-2H3,(H,18,19)(H2,15,16,20)/t9?,10?,11-/m0/s1. The zero-order valence-electron chi connectivity index (χ0n) is 12.6. The van der Waals surface area contributed by atoms with Crippen LogP contribution < -0.4 is 10.6 Å². The molecule has 3 N–H and O–H groups in total. The minimum Gasteiger partial charge on any atom is -0.480 e. The van der Waals surface area contributed by atoms with E-state index in [1.165, 1.54) is 20.0 Å². The second kappa shape index (κ2) is 8.49. The number of carboxylic acid groups (broad SMARTS) is 1. The minimum absolute atomic E-state index is 0.390. The van der Waals surface area contributed by atoms with E-state index in [1.54, 1.807) is 0 Å². The molecule has 0 aromatic carbocycles. The van der Waals surface area contributed by atoms with Crippen LogP contribution in [0, 0.1) is 11.8 Å². The largest absolute Gasteiger partial charge is 0.480 e. The highest BCUT2D eigenvalue weighted by atomic mass is 16.5. The highest BCUT2D eigenvalue weighted by Crippen LogP contribution is 2.28. The Labute approximate surface area is 124 Å². The summed E-state index contributed by atoms with van der Waals surface area (Å²) in [6.07, 6.45) is 4.24. The molecule has 0 saturated heterocycles. The van der Waals surface area contributed by atoms with Gasteiger partial charge in [0.1, 0.15) is 6.04 Å². The van der Waals surface area contributed by atoms with Gasteiger partial charge in [-0.2, -0.15) is 0 Å². The van der Waals surface area contributed by atoms with Crippen molar-refractivity contribution >= 4 is 18.0 Å². The van der Waals surface area contributed by atoms with E-state index in [2.05, 4.69) is 22.3 Å². The SMILES string of the molecule is COC(=O)C[C@H](NC(=O)NCC1CCCCC1C)C(=O)O. The van der Waals surface area contributed by atoms with Gasteiger partial charge in [0, 0.05) is 6.54 Å². The molecule has 21 heavy (non-hydrogen) atoms. The second-order valence-electron chi connectivity index (χ2n) is 5.55. The Kier molecular flexibility index (Phi) is 6.98.